The number of carbonyl (C=O) groups excluding carboxylic acids is 2. The maximum absolute atomic E-state index is 14.5. The molecule has 4 aromatic rings. The summed E-state index contributed by atoms with van der Waals surface area (Å²) >= 11 is 6.03. The number of halogens is 1. The number of para-hydroxylation sites is 1. The predicted molar refractivity (Wildman–Crippen MR) is 165 cm³/mol. The lowest BCUT2D eigenvalue weighted by Crippen LogP contribution is -2.61. The van der Waals surface area contributed by atoms with E-state index in [1.165, 1.54) is 0 Å². The van der Waals surface area contributed by atoms with Gasteiger partial charge in [0.1, 0.15) is 18.1 Å². The Balaban J connectivity index is 1.26. The van der Waals surface area contributed by atoms with E-state index < -0.39 is 5.60 Å². The minimum Gasteiger partial charge on any atom is -0.491 e. The van der Waals surface area contributed by atoms with Crippen LogP contribution in [-0.2, 0) is 22.5 Å². The third-order valence-corrected chi connectivity index (χ3v) is 8.43. The van der Waals surface area contributed by atoms with Crippen molar-refractivity contribution in [3.8, 4) is 17.1 Å². The van der Waals surface area contributed by atoms with Crippen molar-refractivity contribution in [2.45, 2.75) is 37.8 Å². The second-order valence-electron chi connectivity index (χ2n) is 11.1. The van der Waals surface area contributed by atoms with E-state index in [9.17, 15) is 9.59 Å². The molecule has 1 spiro atoms. The van der Waals surface area contributed by atoms with Gasteiger partial charge in [0.15, 0.2) is 11.4 Å². The van der Waals surface area contributed by atoms with Gasteiger partial charge in [0, 0.05) is 23.7 Å². The monoisotopic (exact) mass is 598 g/mol. The zero-order valence-corrected chi connectivity index (χ0v) is 24.8. The first-order chi connectivity index (χ1) is 21.0. The fourth-order valence-corrected chi connectivity index (χ4v) is 6.04. The summed E-state index contributed by atoms with van der Waals surface area (Å²) in [6.07, 6.45) is 2.99. The maximum atomic E-state index is 14.5. The molecule has 2 aliphatic heterocycles. The van der Waals surface area contributed by atoms with Crippen LogP contribution in [0.1, 0.15) is 40.9 Å². The Morgan fingerprint density at radius 2 is 1.65 bits per heavy atom. The fourth-order valence-electron chi connectivity index (χ4n) is 5.91. The molecule has 0 saturated carbocycles. The molecule has 2 aliphatic rings. The van der Waals surface area contributed by atoms with E-state index in [0.717, 1.165) is 41.7 Å². The third-order valence-electron chi connectivity index (χ3n) is 8.18. The van der Waals surface area contributed by atoms with Crippen LogP contribution in [0.25, 0.3) is 11.3 Å². The molecule has 8 heteroatoms. The van der Waals surface area contributed by atoms with Crippen LogP contribution in [0.2, 0.25) is 5.02 Å². The van der Waals surface area contributed by atoms with Crippen molar-refractivity contribution in [3.63, 3.8) is 0 Å². The number of carbonyl (C=O) groups is 2. The van der Waals surface area contributed by atoms with E-state index in [2.05, 4.69) is 6.07 Å². The molecule has 3 aromatic carbocycles. The number of ether oxygens (including phenoxy) is 2. The molecule has 7 nitrogen and oxygen atoms in total. The highest BCUT2D eigenvalue weighted by Gasteiger charge is 2.47. The molecule has 2 amide bonds. The number of nitrogens with zero attached hydrogens (tertiary/aromatic N) is 2. The van der Waals surface area contributed by atoms with E-state index in [1.807, 2.05) is 65.6 Å². The Hall–Kier alpha value is -4.07. The third kappa shape index (κ3) is 6.63. The van der Waals surface area contributed by atoms with Crippen LogP contribution < -0.4 is 4.74 Å². The summed E-state index contributed by atoms with van der Waals surface area (Å²) in [6.45, 7) is 1.97. The van der Waals surface area contributed by atoms with Crippen LogP contribution in [0.15, 0.2) is 95.4 Å². The zero-order valence-electron chi connectivity index (χ0n) is 24.0. The van der Waals surface area contributed by atoms with Gasteiger partial charge in [-0.15, -0.1) is 0 Å². The summed E-state index contributed by atoms with van der Waals surface area (Å²) in [5.41, 5.74) is 1.85. The molecule has 6 rings (SSSR count). The quantitative estimate of drug-likeness (QED) is 0.263. The number of amides is 2. The highest BCUT2D eigenvalue weighted by atomic mass is 35.5. The van der Waals surface area contributed by atoms with Gasteiger partial charge in [0.2, 0.25) is 0 Å². The molecule has 43 heavy (non-hydrogen) atoms. The molecule has 1 aromatic heterocycles. The van der Waals surface area contributed by atoms with E-state index in [-0.39, 0.29) is 30.7 Å². The largest absolute Gasteiger partial charge is 0.491 e. The Morgan fingerprint density at radius 1 is 0.860 bits per heavy atom. The topological polar surface area (TPSA) is 72.2 Å². The van der Waals surface area contributed by atoms with Crippen LogP contribution in [0, 0.1) is 0 Å². The molecule has 0 bridgehead atoms. The van der Waals surface area contributed by atoms with Gasteiger partial charge in [-0.25, -0.2) is 0 Å². The van der Waals surface area contributed by atoms with Gasteiger partial charge in [-0.1, -0.05) is 60.1 Å². The maximum Gasteiger partial charge on any atom is 0.289 e. The van der Waals surface area contributed by atoms with Crippen LogP contribution in [0.3, 0.4) is 0 Å². The smallest absolute Gasteiger partial charge is 0.289 e. The van der Waals surface area contributed by atoms with Gasteiger partial charge < -0.3 is 23.7 Å². The van der Waals surface area contributed by atoms with Gasteiger partial charge in [-0.2, -0.15) is 0 Å². The van der Waals surface area contributed by atoms with Gasteiger partial charge in [0.05, 0.1) is 19.7 Å². The minimum absolute atomic E-state index is 0.118. The van der Waals surface area contributed by atoms with Crippen molar-refractivity contribution in [2.24, 2.45) is 0 Å². The molecule has 0 N–H and O–H groups in total. The lowest BCUT2D eigenvalue weighted by molar-refractivity contribution is -0.171. The van der Waals surface area contributed by atoms with Crippen LogP contribution >= 0.6 is 11.6 Å². The Morgan fingerprint density at radius 3 is 2.49 bits per heavy atom. The van der Waals surface area contributed by atoms with Gasteiger partial charge in [-0.05, 0) is 79.3 Å². The van der Waals surface area contributed by atoms with Crippen LogP contribution in [0.4, 0.5) is 0 Å². The van der Waals surface area contributed by atoms with E-state index in [0.29, 0.717) is 43.4 Å². The number of rotatable bonds is 4. The zero-order chi connectivity index (χ0) is 29.6. The van der Waals surface area contributed by atoms with Crippen molar-refractivity contribution < 1.29 is 23.5 Å². The molecular formula is C35H35ClN2O5. The van der Waals surface area contributed by atoms with Gasteiger partial charge >= 0.3 is 0 Å². The molecule has 3 heterocycles. The first kappa shape index (κ1) is 29.0. The number of aryl methyl sites for hydroxylation is 1. The van der Waals surface area contributed by atoms with Crippen molar-refractivity contribution in [3.05, 3.63) is 113 Å². The van der Waals surface area contributed by atoms with Crippen LogP contribution in [-0.4, -0.2) is 60.1 Å². The number of hydrogen-bond acceptors (Lipinski definition) is 5. The summed E-state index contributed by atoms with van der Waals surface area (Å²) in [5, 5.41) is 0.629. The molecule has 0 radical (unpaired) electrons. The molecular weight excluding hydrogens is 564 g/mol. The molecule has 1 atom stereocenters. The highest BCUT2D eigenvalue weighted by Crippen LogP contribution is 2.32. The first-order valence-corrected chi connectivity index (χ1v) is 15.2. The minimum atomic E-state index is -1.16. The van der Waals surface area contributed by atoms with Crippen molar-refractivity contribution in [2.75, 3.05) is 32.8 Å². The molecule has 1 unspecified atom stereocenters. The summed E-state index contributed by atoms with van der Waals surface area (Å²) in [4.78, 5) is 31.7. The predicted octanol–water partition coefficient (Wildman–Crippen LogP) is 6.65. The molecule has 1 saturated heterocycles. The number of hydrogen-bond donors (Lipinski definition) is 0. The summed E-state index contributed by atoms with van der Waals surface area (Å²) in [5.74, 6) is 1.31. The van der Waals surface area contributed by atoms with Crippen molar-refractivity contribution in [1.29, 1.82) is 0 Å². The number of morpholine rings is 1. The van der Waals surface area contributed by atoms with Gasteiger partial charge in [-0.3, -0.25) is 9.59 Å². The van der Waals surface area contributed by atoms with Crippen molar-refractivity contribution in [1.82, 2.24) is 9.80 Å². The lowest BCUT2D eigenvalue weighted by Gasteiger charge is -2.44. The van der Waals surface area contributed by atoms with Crippen LogP contribution in [0.5, 0.6) is 5.75 Å². The molecule has 0 aliphatic carbocycles. The second-order valence-corrected chi connectivity index (χ2v) is 11.6. The van der Waals surface area contributed by atoms with E-state index >= 15 is 0 Å². The summed E-state index contributed by atoms with van der Waals surface area (Å²) in [7, 11) is 0. The Bertz CT molecular complexity index is 1550. The number of benzene rings is 3. The Kier molecular flexibility index (Phi) is 8.82. The normalized spacial score (nSPS) is 19.7. The molecule has 1 fully saturated rings. The Labute approximate surface area is 257 Å². The first-order valence-electron chi connectivity index (χ1n) is 14.8. The average Bonchev–Trinajstić information content (AvgIpc) is 3.53. The number of fused-ring (bicyclic) bond motifs is 1. The standard InChI is InChI=1S/C35H35ClN2O5/c36-29-15-13-28(14-16-29)31-17-18-32(43-31)33(39)38-21-23-42-35(25-38)19-7-6-11-27-10-4-5-12-30(27)41-22-20-37(34(35)40)24-26-8-2-1-3-9-26/h1-5,8-10,12-18H,6-7,11,19-25H2. The summed E-state index contributed by atoms with van der Waals surface area (Å²) < 4.78 is 18.6. The molecule has 222 valence electrons. The van der Waals surface area contributed by atoms with E-state index in [1.54, 1.807) is 29.2 Å². The summed E-state index contributed by atoms with van der Waals surface area (Å²) in [6, 6.07) is 28.8. The van der Waals surface area contributed by atoms with Gasteiger partial charge in [0.25, 0.3) is 11.8 Å². The van der Waals surface area contributed by atoms with E-state index in [4.69, 9.17) is 25.5 Å². The highest BCUT2D eigenvalue weighted by molar-refractivity contribution is 6.30. The fraction of sp³-hybridized carbons (Fsp3) is 0.314. The van der Waals surface area contributed by atoms with Crippen molar-refractivity contribution >= 4 is 23.4 Å². The lowest BCUT2D eigenvalue weighted by atomic mass is 9.90. The number of furan rings is 1. The average molecular weight is 599 g/mol. The SMILES string of the molecule is O=C(c1ccc(-c2ccc(Cl)cc2)o1)N1CCOC2(CCCCc3ccccc3OCCN(Cc3ccccc3)C2=O)C1. The second kappa shape index (κ2) is 13.1.